The van der Waals surface area contributed by atoms with Crippen molar-refractivity contribution in [1.82, 2.24) is 4.98 Å². The van der Waals surface area contributed by atoms with Gasteiger partial charge in [0.15, 0.2) is 5.69 Å². The number of ether oxygens (including phenoxy) is 1. The van der Waals surface area contributed by atoms with Crippen LogP contribution in [0.2, 0.25) is 0 Å². The third kappa shape index (κ3) is 3.31. The molecule has 5 nitrogen and oxygen atoms in total. The van der Waals surface area contributed by atoms with Gasteiger partial charge < -0.3 is 14.5 Å². The number of aromatic nitrogens is 1. The highest BCUT2D eigenvalue weighted by Gasteiger charge is 2.13. The summed E-state index contributed by atoms with van der Waals surface area (Å²) in [7, 11) is 0. The number of carbonyl (C=O) groups excluding carboxylic acids is 1. The number of hydrogen-bond donors (Lipinski definition) is 1. The quantitative estimate of drug-likeness (QED) is 0.860. The number of carbonyl (C=O) groups is 1. The van der Waals surface area contributed by atoms with Gasteiger partial charge in [0.2, 0.25) is 0 Å². The summed E-state index contributed by atoms with van der Waals surface area (Å²) in [6.07, 6.45) is 1.19. The van der Waals surface area contributed by atoms with Gasteiger partial charge in [-0.3, -0.25) is 0 Å². The molecule has 0 spiro atoms. The fourth-order valence-electron chi connectivity index (χ4n) is 1.56. The van der Waals surface area contributed by atoms with Crippen LogP contribution in [-0.2, 0) is 4.74 Å². The Kier molecular flexibility index (Phi) is 3.79. The fourth-order valence-corrected chi connectivity index (χ4v) is 1.56. The lowest BCUT2D eigenvalue weighted by atomic mass is 10.2. The predicted molar refractivity (Wildman–Crippen MR) is 66.9 cm³/mol. The first kappa shape index (κ1) is 13.1. The average molecular weight is 264 g/mol. The first-order chi connectivity index (χ1) is 9.08. The van der Waals surface area contributed by atoms with Crippen molar-refractivity contribution in [2.24, 2.45) is 0 Å². The number of anilines is 2. The molecular formula is C13H13FN2O3. The van der Waals surface area contributed by atoms with E-state index in [4.69, 9.17) is 9.15 Å². The van der Waals surface area contributed by atoms with Gasteiger partial charge >= 0.3 is 5.97 Å². The Morgan fingerprint density at radius 1 is 1.47 bits per heavy atom. The minimum absolute atomic E-state index is 0.0671. The molecule has 1 aromatic carbocycles. The molecule has 0 aliphatic heterocycles. The molecule has 2 rings (SSSR count). The van der Waals surface area contributed by atoms with Gasteiger partial charge in [-0.05, 0) is 37.6 Å². The molecule has 0 bridgehead atoms. The monoisotopic (exact) mass is 264 g/mol. The van der Waals surface area contributed by atoms with Crippen LogP contribution in [0, 0.1) is 12.7 Å². The Labute approximate surface area is 109 Å². The Morgan fingerprint density at radius 2 is 2.26 bits per heavy atom. The molecule has 2 aromatic rings. The molecule has 0 aliphatic carbocycles. The first-order valence-corrected chi connectivity index (χ1v) is 5.75. The zero-order chi connectivity index (χ0) is 13.8. The van der Waals surface area contributed by atoms with Crippen LogP contribution >= 0.6 is 0 Å². The summed E-state index contributed by atoms with van der Waals surface area (Å²) in [6.45, 7) is 3.73. The maximum atomic E-state index is 13.2. The van der Waals surface area contributed by atoms with Crippen molar-refractivity contribution in [2.45, 2.75) is 13.8 Å². The largest absolute Gasteiger partial charge is 0.461 e. The van der Waals surface area contributed by atoms with Crippen LogP contribution in [0.3, 0.4) is 0 Å². The van der Waals surface area contributed by atoms with E-state index in [9.17, 15) is 9.18 Å². The molecule has 0 unspecified atom stereocenters. The second-order valence-corrected chi connectivity index (χ2v) is 3.90. The zero-order valence-electron chi connectivity index (χ0n) is 10.6. The number of esters is 1. The molecule has 0 saturated heterocycles. The van der Waals surface area contributed by atoms with E-state index in [2.05, 4.69) is 10.3 Å². The van der Waals surface area contributed by atoms with E-state index in [1.807, 2.05) is 0 Å². The van der Waals surface area contributed by atoms with Crippen LogP contribution in [-0.4, -0.2) is 17.6 Å². The molecule has 100 valence electrons. The molecule has 19 heavy (non-hydrogen) atoms. The summed E-state index contributed by atoms with van der Waals surface area (Å²) in [5.74, 6) is -0.922. The van der Waals surface area contributed by atoms with E-state index in [0.29, 0.717) is 5.69 Å². The van der Waals surface area contributed by atoms with E-state index in [0.717, 1.165) is 5.56 Å². The number of hydrogen-bond acceptors (Lipinski definition) is 5. The van der Waals surface area contributed by atoms with Crippen molar-refractivity contribution in [3.8, 4) is 0 Å². The second kappa shape index (κ2) is 5.51. The van der Waals surface area contributed by atoms with Crippen LogP contribution in [0.4, 0.5) is 16.1 Å². The third-order valence-electron chi connectivity index (χ3n) is 2.28. The lowest BCUT2D eigenvalue weighted by Crippen LogP contribution is -2.05. The van der Waals surface area contributed by atoms with E-state index in [1.165, 1.54) is 18.4 Å². The highest BCUT2D eigenvalue weighted by Crippen LogP contribution is 2.19. The molecule has 0 radical (unpaired) electrons. The molecule has 0 fully saturated rings. The van der Waals surface area contributed by atoms with Crippen molar-refractivity contribution in [3.05, 3.63) is 41.5 Å². The summed E-state index contributed by atoms with van der Waals surface area (Å²) in [5, 5.41) is 2.78. The van der Waals surface area contributed by atoms with Gasteiger partial charge in [-0.2, -0.15) is 4.98 Å². The van der Waals surface area contributed by atoms with E-state index >= 15 is 0 Å². The molecule has 0 saturated carbocycles. The number of benzene rings is 1. The summed E-state index contributed by atoms with van der Waals surface area (Å²) in [6, 6.07) is 4.55. The molecule has 6 heteroatoms. The van der Waals surface area contributed by atoms with Crippen molar-refractivity contribution in [3.63, 3.8) is 0 Å². The van der Waals surface area contributed by atoms with Crippen LogP contribution in [0.25, 0.3) is 0 Å². The van der Waals surface area contributed by atoms with Gasteiger partial charge in [0.1, 0.15) is 12.1 Å². The smallest absolute Gasteiger partial charge is 0.360 e. The van der Waals surface area contributed by atoms with Crippen molar-refractivity contribution >= 4 is 17.7 Å². The SMILES string of the molecule is CCOC(=O)c1coc(Nc2cc(C)cc(F)c2)n1. The van der Waals surface area contributed by atoms with Crippen molar-refractivity contribution < 1.29 is 18.3 Å². The molecule has 1 aromatic heterocycles. The van der Waals surface area contributed by atoms with Gasteiger partial charge in [-0.15, -0.1) is 0 Å². The average Bonchev–Trinajstić information content (AvgIpc) is 2.76. The summed E-state index contributed by atoms with van der Waals surface area (Å²) < 4.78 is 23.1. The van der Waals surface area contributed by atoms with Crippen molar-refractivity contribution in [1.29, 1.82) is 0 Å². The predicted octanol–water partition coefficient (Wildman–Crippen LogP) is 3.04. The molecule has 0 aliphatic rings. The number of halogens is 1. The van der Waals surface area contributed by atoms with Crippen LogP contribution in [0.5, 0.6) is 0 Å². The van der Waals surface area contributed by atoms with Gasteiger partial charge in [0.05, 0.1) is 6.61 Å². The maximum Gasteiger partial charge on any atom is 0.360 e. The molecule has 0 amide bonds. The zero-order valence-corrected chi connectivity index (χ0v) is 10.6. The molecule has 1 heterocycles. The van der Waals surface area contributed by atoms with E-state index in [-0.39, 0.29) is 24.1 Å². The Hall–Kier alpha value is -2.37. The van der Waals surface area contributed by atoms with Crippen LogP contribution in [0.15, 0.2) is 28.9 Å². The minimum atomic E-state index is -0.560. The topological polar surface area (TPSA) is 64.4 Å². The van der Waals surface area contributed by atoms with Gasteiger partial charge in [0, 0.05) is 5.69 Å². The van der Waals surface area contributed by atoms with E-state index < -0.39 is 5.97 Å². The third-order valence-corrected chi connectivity index (χ3v) is 2.28. The van der Waals surface area contributed by atoms with Gasteiger partial charge in [-0.1, -0.05) is 0 Å². The fraction of sp³-hybridized carbons (Fsp3) is 0.231. The van der Waals surface area contributed by atoms with Crippen LogP contribution < -0.4 is 5.32 Å². The normalized spacial score (nSPS) is 10.3. The Balaban J connectivity index is 2.13. The number of rotatable bonds is 4. The first-order valence-electron chi connectivity index (χ1n) is 5.75. The van der Waals surface area contributed by atoms with Gasteiger partial charge in [-0.25, -0.2) is 9.18 Å². The lowest BCUT2D eigenvalue weighted by Gasteiger charge is -2.03. The number of oxazole rings is 1. The minimum Gasteiger partial charge on any atom is -0.461 e. The number of nitrogens with one attached hydrogen (secondary N) is 1. The number of aryl methyl sites for hydroxylation is 1. The molecular weight excluding hydrogens is 251 g/mol. The Bertz CT molecular complexity index is 575. The highest BCUT2D eigenvalue weighted by molar-refractivity contribution is 5.87. The van der Waals surface area contributed by atoms with E-state index in [1.54, 1.807) is 19.9 Å². The van der Waals surface area contributed by atoms with Gasteiger partial charge in [0.25, 0.3) is 6.01 Å². The number of nitrogens with zero attached hydrogens (tertiary/aromatic N) is 1. The lowest BCUT2D eigenvalue weighted by molar-refractivity contribution is 0.0519. The Morgan fingerprint density at radius 3 is 2.95 bits per heavy atom. The van der Waals surface area contributed by atoms with Crippen molar-refractivity contribution in [2.75, 3.05) is 11.9 Å². The summed E-state index contributed by atoms with van der Waals surface area (Å²) >= 11 is 0. The highest BCUT2D eigenvalue weighted by atomic mass is 19.1. The standard InChI is InChI=1S/C13H13FN2O3/c1-3-18-12(17)11-7-19-13(16-11)15-10-5-8(2)4-9(14)6-10/h4-7H,3H2,1-2H3,(H,15,16). The second-order valence-electron chi connectivity index (χ2n) is 3.90. The molecule has 0 atom stereocenters. The van der Waals surface area contributed by atoms with Crippen LogP contribution in [0.1, 0.15) is 23.0 Å². The summed E-state index contributed by atoms with van der Waals surface area (Å²) in [5.41, 5.74) is 1.33. The summed E-state index contributed by atoms with van der Waals surface area (Å²) in [4.78, 5) is 15.3. The molecule has 1 N–H and O–H groups in total. The maximum absolute atomic E-state index is 13.2.